The molecule has 4 nitrogen and oxygen atoms in total. The third-order valence-corrected chi connectivity index (χ3v) is 3.52. The molecular formula is C14H20N2O2. The van der Waals surface area contributed by atoms with E-state index >= 15 is 0 Å². The van der Waals surface area contributed by atoms with E-state index in [1.807, 2.05) is 30.9 Å². The van der Waals surface area contributed by atoms with E-state index in [-0.39, 0.29) is 18.4 Å². The highest BCUT2D eigenvalue weighted by Gasteiger charge is 2.25. The Kier molecular flexibility index (Phi) is 3.97. The molecular weight excluding hydrogens is 228 g/mol. The number of nitrogens with zero attached hydrogens (tertiary/aromatic N) is 2. The van der Waals surface area contributed by atoms with Crippen LogP contribution in [0, 0.1) is 19.8 Å². The molecule has 0 aromatic carbocycles. The number of likely N-dealkylation sites (tertiary alicyclic amines) is 1. The van der Waals surface area contributed by atoms with Crippen molar-refractivity contribution in [3.05, 3.63) is 29.1 Å². The molecule has 1 aromatic rings. The normalized spacial score (nSPS) is 19.9. The van der Waals surface area contributed by atoms with Gasteiger partial charge in [-0.1, -0.05) is 0 Å². The molecule has 0 aliphatic carbocycles. The zero-order chi connectivity index (χ0) is 13.1. The van der Waals surface area contributed by atoms with Gasteiger partial charge in [-0.3, -0.25) is 9.78 Å². The zero-order valence-corrected chi connectivity index (χ0v) is 11.0. The van der Waals surface area contributed by atoms with Gasteiger partial charge in [-0.25, -0.2) is 0 Å². The summed E-state index contributed by atoms with van der Waals surface area (Å²) in [7, 11) is 0. The molecule has 0 radical (unpaired) electrons. The molecule has 1 fully saturated rings. The summed E-state index contributed by atoms with van der Waals surface area (Å²) in [5.74, 6) is 0.263. The Balaban J connectivity index is 2.15. The standard InChI is InChI=1S/C14H20N2O2/c1-10-5-6-13(11(2)15-10)14(18)16-7-3-4-12(8-16)9-17/h5-6,12,17H,3-4,7-9H2,1-2H3. The number of amides is 1. The summed E-state index contributed by atoms with van der Waals surface area (Å²) in [6, 6.07) is 3.72. The van der Waals surface area contributed by atoms with Gasteiger partial charge < -0.3 is 10.0 Å². The van der Waals surface area contributed by atoms with Gasteiger partial charge in [-0.05, 0) is 44.7 Å². The second-order valence-corrected chi connectivity index (χ2v) is 5.03. The van der Waals surface area contributed by atoms with Crippen molar-refractivity contribution in [1.29, 1.82) is 0 Å². The largest absolute Gasteiger partial charge is 0.396 e. The van der Waals surface area contributed by atoms with E-state index in [2.05, 4.69) is 4.98 Å². The molecule has 1 aliphatic rings. The first kappa shape index (κ1) is 13.0. The molecule has 0 saturated carbocycles. The zero-order valence-electron chi connectivity index (χ0n) is 11.0. The fourth-order valence-electron chi connectivity index (χ4n) is 2.48. The first-order valence-corrected chi connectivity index (χ1v) is 6.46. The molecule has 1 N–H and O–H groups in total. The van der Waals surface area contributed by atoms with E-state index in [9.17, 15) is 9.90 Å². The van der Waals surface area contributed by atoms with E-state index in [4.69, 9.17) is 0 Å². The van der Waals surface area contributed by atoms with Gasteiger partial charge in [0.05, 0.1) is 11.3 Å². The second-order valence-electron chi connectivity index (χ2n) is 5.03. The lowest BCUT2D eigenvalue weighted by Crippen LogP contribution is -2.41. The molecule has 1 atom stereocenters. The number of piperidine rings is 1. The van der Waals surface area contributed by atoms with E-state index in [0.29, 0.717) is 12.1 Å². The maximum Gasteiger partial charge on any atom is 0.255 e. The average molecular weight is 248 g/mol. The van der Waals surface area contributed by atoms with Crippen molar-refractivity contribution in [2.45, 2.75) is 26.7 Å². The molecule has 1 aromatic heterocycles. The molecule has 1 amide bonds. The number of pyridine rings is 1. The van der Waals surface area contributed by atoms with Gasteiger partial charge in [0.1, 0.15) is 0 Å². The average Bonchev–Trinajstić information content (AvgIpc) is 2.38. The van der Waals surface area contributed by atoms with Crippen LogP contribution in [0.5, 0.6) is 0 Å². The summed E-state index contributed by atoms with van der Waals surface area (Å²) in [5.41, 5.74) is 2.39. The van der Waals surface area contributed by atoms with Crippen molar-refractivity contribution in [2.24, 2.45) is 5.92 Å². The van der Waals surface area contributed by atoms with Crippen LogP contribution in [0.2, 0.25) is 0 Å². The Bertz CT molecular complexity index is 445. The molecule has 1 unspecified atom stereocenters. The van der Waals surface area contributed by atoms with Gasteiger partial charge in [0.2, 0.25) is 0 Å². The Labute approximate surface area is 108 Å². The predicted octanol–water partition coefficient (Wildman–Crippen LogP) is 1.54. The number of aliphatic hydroxyl groups is 1. The van der Waals surface area contributed by atoms with E-state index in [0.717, 1.165) is 30.8 Å². The highest BCUT2D eigenvalue weighted by molar-refractivity contribution is 5.95. The van der Waals surface area contributed by atoms with Gasteiger partial charge >= 0.3 is 0 Å². The number of hydrogen-bond acceptors (Lipinski definition) is 3. The fourth-order valence-corrected chi connectivity index (χ4v) is 2.48. The van der Waals surface area contributed by atoms with E-state index in [1.165, 1.54) is 0 Å². The highest BCUT2D eigenvalue weighted by Crippen LogP contribution is 2.19. The Morgan fingerprint density at radius 3 is 2.94 bits per heavy atom. The van der Waals surface area contributed by atoms with Crippen molar-refractivity contribution >= 4 is 5.91 Å². The number of aliphatic hydroxyl groups excluding tert-OH is 1. The molecule has 1 saturated heterocycles. The van der Waals surface area contributed by atoms with Crippen molar-refractivity contribution in [2.75, 3.05) is 19.7 Å². The summed E-state index contributed by atoms with van der Waals surface area (Å²) in [6.45, 7) is 5.39. The smallest absolute Gasteiger partial charge is 0.255 e. The molecule has 1 aliphatic heterocycles. The summed E-state index contributed by atoms with van der Waals surface area (Å²) >= 11 is 0. The minimum Gasteiger partial charge on any atom is -0.396 e. The maximum atomic E-state index is 12.4. The van der Waals surface area contributed by atoms with Crippen LogP contribution in [0.25, 0.3) is 0 Å². The van der Waals surface area contributed by atoms with Gasteiger partial charge in [0.15, 0.2) is 0 Å². The van der Waals surface area contributed by atoms with Crippen molar-refractivity contribution in [3.63, 3.8) is 0 Å². The minimum atomic E-state index is 0.0400. The van der Waals surface area contributed by atoms with Crippen LogP contribution in [-0.2, 0) is 0 Å². The highest BCUT2D eigenvalue weighted by atomic mass is 16.3. The Hall–Kier alpha value is -1.42. The first-order valence-electron chi connectivity index (χ1n) is 6.46. The minimum absolute atomic E-state index is 0.0400. The summed E-state index contributed by atoms with van der Waals surface area (Å²) in [4.78, 5) is 18.6. The fraction of sp³-hybridized carbons (Fsp3) is 0.571. The Morgan fingerprint density at radius 2 is 2.28 bits per heavy atom. The molecule has 4 heteroatoms. The molecule has 0 bridgehead atoms. The lowest BCUT2D eigenvalue weighted by molar-refractivity contribution is 0.0619. The number of rotatable bonds is 2. The van der Waals surface area contributed by atoms with Gasteiger partial charge in [-0.15, -0.1) is 0 Å². The predicted molar refractivity (Wildman–Crippen MR) is 69.4 cm³/mol. The second kappa shape index (κ2) is 5.48. The van der Waals surface area contributed by atoms with Crippen LogP contribution in [0.3, 0.4) is 0 Å². The van der Waals surface area contributed by atoms with E-state index < -0.39 is 0 Å². The number of hydrogen-bond donors (Lipinski definition) is 1. The molecule has 0 spiro atoms. The van der Waals surface area contributed by atoms with Crippen LogP contribution < -0.4 is 0 Å². The van der Waals surface area contributed by atoms with Gasteiger partial charge in [-0.2, -0.15) is 0 Å². The first-order chi connectivity index (χ1) is 8.61. The summed E-state index contributed by atoms with van der Waals surface area (Å²) in [6.07, 6.45) is 1.97. The van der Waals surface area contributed by atoms with Crippen molar-refractivity contribution in [1.82, 2.24) is 9.88 Å². The van der Waals surface area contributed by atoms with E-state index in [1.54, 1.807) is 0 Å². The van der Waals surface area contributed by atoms with Gasteiger partial charge in [0.25, 0.3) is 5.91 Å². The summed E-state index contributed by atoms with van der Waals surface area (Å²) in [5, 5.41) is 9.20. The number of carbonyl (C=O) groups excluding carboxylic acids is 1. The number of aromatic nitrogens is 1. The maximum absolute atomic E-state index is 12.4. The summed E-state index contributed by atoms with van der Waals surface area (Å²) < 4.78 is 0. The van der Waals surface area contributed by atoms with Crippen LogP contribution in [-0.4, -0.2) is 40.6 Å². The van der Waals surface area contributed by atoms with Crippen molar-refractivity contribution in [3.8, 4) is 0 Å². The monoisotopic (exact) mass is 248 g/mol. The van der Waals surface area contributed by atoms with Crippen LogP contribution in [0.15, 0.2) is 12.1 Å². The molecule has 2 rings (SSSR count). The van der Waals surface area contributed by atoms with Crippen molar-refractivity contribution < 1.29 is 9.90 Å². The molecule has 18 heavy (non-hydrogen) atoms. The number of aryl methyl sites for hydroxylation is 2. The van der Waals surface area contributed by atoms with Crippen LogP contribution in [0.1, 0.15) is 34.6 Å². The van der Waals surface area contributed by atoms with Gasteiger partial charge in [0, 0.05) is 25.4 Å². The lowest BCUT2D eigenvalue weighted by Gasteiger charge is -2.32. The SMILES string of the molecule is Cc1ccc(C(=O)N2CCCC(CO)C2)c(C)n1. The topological polar surface area (TPSA) is 53.4 Å². The molecule has 98 valence electrons. The van der Waals surface area contributed by atoms with Crippen LogP contribution in [0.4, 0.5) is 0 Å². The quantitative estimate of drug-likeness (QED) is 0.863. The van der Waals surface area contributed by atoms with Crippen LogP contribution >= 0.6 is 0 Å². The lowest BCUT2D eigenvalue weighted by atomic mass is 9.98. The number of carbonyl (C=O) groups is 1. The third-order valence-electron chi connectivity index (χ3n) is 3.52. The Morgan fingerprint density at radius 1 is 1.50 bits per heavy atom. The molecule has 2 heterocycles. The third kappa shape index (κ3) is 2.70.